The Bertz CT molecular complexity index is 525. The largest absolute Gasteiger partial charge is 0.469 e. The number of halogens is 1. The summed E-state index contributed by atoms with van der Waals surface area (Å²) in [5.41, 5.74) is 6.64. The molecule has 6 heteroatoms. The predicted molar refractivity (Wildman–Crippen MR) is 76.5 cm³/mol. The number of esters is 1. The molecule has 1 aliphatic rings. The second kappa shape index (κ2) is 6.13. The van der Waals surface area contributed by atoms with Crippen molar-refractivity contribution in [1.29, 1.82) is 0 Å². The third-order valence-corrected chi connectivity index (χ3v) is 3.80. The van der Waals surface area contributed by atoms with E-state index in [9.17, 15) is 9.59 Å². The van der Waals surface area contributed by atoms with Gasteiger partial charge in [-0.25, -0.2) is 0 Å². The van der Waals surface area contributed by atoms with Crippen molar-refractivity contribution in [2.45, 2.75) is 12.8 Å². The summed E-state index contributed by atoms with van der Waals surface area (Å²) in [4.78, 5) is 25.5. The third-order valence-electron chi connectivity index (χ3n) is 3.56. The van der Waals surface area contributed by atoms with Gasteiger partial charge in [0.05, 0.1) is 18.6 Å². The van der Waals surface area contributed by atoms with Gasteiger partial charge < -0.3 is 15.4 Å². The molecule has 0 aliphatic carbocycles. The molecule has 1 fully saturated rings. The molecule has 1 aromatic carbocycles. The van der Waals surface area contributed by atoms with Crippen LogP contribution in [-0.4, -0.2) is 37.0 Å². The van der Waals surface area contributed by atoms with E-state index in [4.69, 9.17) is 22.1 Å². The number of nitrogens with zero attached hydrogens (tertiary/aromatic N) is 1. The molecule has 108 valence electrons. The first kappa shape index (κ1) is 14.7. The highest BCUT2D eigenvalue weighted by Gasteiger charge is 2.28. The average Bonchev–Trinajstić information content (AvgIpc) is 2.48. The molecular formula is C14H17ClN2O3. The number of ether oxygens (including phenoxy) is 1. The van der Waals surface area contributed by atoms with Crippen molar-refractivity contribution in [3.63, 3.8) is 0 Å². The molecule has 0 aromatic heterocycles. The minimum Gasteiger partial charge on any atom is -0.469 e. The third kappa shape index (κ3) is 3.04. The number of carbonyl (C=O) groups is 2. The molecule has 0 spiro atoms. The van der Waals surface area contributed by atoms with Crippen LogP contribution in [0.15, 0.2) is 18.2 Å². The number of anilines is 1. The van der Waals surface area contributed by atoms with Crippen molar-refractivity contribution in [1.82, 2.24) is 4.90 Å². The van der Waals surface area contributed by atoms with Crippen molar-refractivity contribution in [2.24, 2.45) is 5.92 Å². The Morgan fingerprint density at radius 1 is 1.35 bits per heavy atom. The number of rotatable bonds is 2. The van der Waals surface area contributed by atoms with Crippen molar-refractivity contribution < 1.29 is 14.3 Å². The molecule has 2 N–H and O–H groups in total. The summed E-state index contributed by atoms with van der Waals surface area (Å²) >= 11 is 5.90. The van der Waals surface area contributed by atoms with Crippen LogP contribution in [0.1, 0.15) is 23.2 Å². The first-order valence-corrected chi connectivity index (χ1v) is 6.83. The van der Waals surface area contributed by atoms with Crippen LogP contribution in [0.4, 0.5) is 5.69 Å². The van der Waals surface area contributed by atoms with Gasteiger partial charge in [0.1, 0.15) is 0 Å². The summed E-state index contributed by atoms with van der Waals surface area (Å²) < 4.78 is 4.73. The monoisotopic (exact) mass is 296 g/mol. The molecule has 0 bridgehead atoms. The van der Waals surface area contributed by atoms with Gasteiger partial charge in [-0.1, -0.05) is 11.6 Å². The maximum atomic E-state index is 12.4. The first-order valence-electron chi connectivity index (χ1n) is 6.45. The smallest absolute Gasteiger partial charge is 0.308 e. The number of methoxy groups -OCH3 is 1. The van der Waals surface area contributed by atoms with E-state index in [-0.39, 0.29) is 17.8 Å². The maximum Gasteiger partial charge on any atom is 0.308 e. The van der Waals surface area contributed by atoms with E-state index in [1.807, 2.05) is 0 Å². The second-order valence-corrected chi connectivity index (χ2v) is 5.26. The van der Waals surface area contributed by atoms with Gasteiger partial charge in [-0.3, -0.25) is 9.59 Å². The number of hydrogen-bond donors (Lipinski definition) is 1. The Morgan fingerprint density at radius 3 is 2.60 bits per heavy atom. The van der Waals surface area contributed by atoms with E-state index >= 15 is 0 Å². The SMILES string of the molecule is COC(=O)C1CCN(C(=O)c2cc(Cl)ccc2N)CC1. The quantitative estimate of drug-likeness (QED) is 0.669. The molecule has 1 aromatic rings. The van der Waals surface area contributed by atoms with Crippen LogP contribution in [0.3, 0.4) is 0 Å². The van der Waals surface area contributed by atoms with E-state index < -0.39 is 0 Å². The standard InChI is InChI=1S/C14H17ClN2O3/c1-20-14(19)9-4-6-17(7-5-9)13(18)11-8-10(15)2-3-12(11)16/h2-3,8-9H,4-7,16H2,1H3. The lowest BCUT2D eigenvalue weighted by atomic mass is 9.96. The number of hydrogen-bond acceptors (Lipinski definition) is 4. The Morgan fingerprint density at radius 2 is 2.00 bits per heavy atom. The molecule has 0 saturated carbocycles. The van der Waals surface area contributed by atoms with E-state index in [0.717, 1.165) is 0 Å². The molecule has 1 heterocycles. The number of piperidine rings is 1. The Kier molecular flexibility index (Phi) is 4.49. The van der Waals surface area contributed by atoms with Crippen molar-refractivity contribution in [2.75, 3.05) is 25.9 Å². The van der Waals surface area contributed by atoms with Gasteiger partial charge in [0.25, 0.3) is 5.91 Å². The molecule has 0 unspecified atom stereocenters. The van der Waals surface area contributed by atoms with Crippen LogP contribution in [-0.2, 0) is 9.53 Å². The molecule has 2 rings (SSSR count). The van der Waals surface area contributed by atoms with Gasteiger partial charge in [0.2, 0.25) is 0 Å². The number of benzene rings is 1. The summed E-state index contributed by atoms with van der Waals surface area (Å²) in [5, 5.41) is 0.479. The van der Waals surface area contributed by atoms with Crippen LogP contribution < -0.4 is 5.73 Å². The van der Waals surface area contributed by atoms with Crippen LogP contribution in [0.25, 0.3) is 0 Å². The van der Waals surface area contributed by atoms with Gasteiger partial charge in [0.15, 0.2) is 0 Å². The van der Waals surface area contributed by atoms with Crippen LogP contribution >= 0.6 is 11.6 Å². The van der Waals surface area contributed by atoms with Crippen LogP contribution in [0.2, 0.25) is 5.02 Å². The van der Waals surface area contributed by atoms with E-state index in [1.165, 1.54) is 7.11 Å². The van der Waals surface area contributed by atoms with Gasteiger partial charge in [-0.05, 0) is 31.0 Å². The lowest BCUT2D eigenvalue weighted by molar-refractivity contribution is -0.146. The lowest BCUT2D eigenvalue weighted by Gasteiger charge is -2.31. The Labute approximate surface area is 122 Å². The molecule has 1 saturated heterocycles. The summed E-state index contributed by atoms with van der Waals surface area (Å²) in [6, 6.07) is 4.85. The molecular weight excluding hydrogens is 280 g/mol. The number of nitrogens with two attached hydrogens (primary N) is 1. The highest BCUT2D eigenvalue weighted by Crippen LogP contribution is 2.23. The van der Waals surface area contributed by atoms with Gasteiger partial charge in [-0.2, -0.15) is 0 Å². The summed E-state index contributed by atoms with van der Waals surface area (Å²) in [6.45, 7) is 1.04. The fourth-order valence-corrected chi connectivity index (χ4v) is 2.54. The molecule has 20 heavy (non-hydrogen) atoms. The summed E-state index contributed by atoms with van der Waals surface area (Å²) in [7, 11) is 1.38. The van der Waals surface area contributed by atoms with Crippen molar-refractivity contribution in [3.05, 3.63) is 28.8 Å². The zero-order valence-corrected chi connectivity index (χ0v) is 12.0. The van der Waals surface area contributed by atoms with Gasteiger partial charge in [-0.15, -0.1) is 0 Å². The van der Waals surface area contributed by atoms with Gasteiger partial charge >= 0.3 is 5.97 Å². The van der Waals surface area contributed by atoms with E-state index in [0.29, 0.717) is 42.2 Å². The van der Waals surface area contributed by atoms with Crippen LogP contribution in [0.5, 0.6) is 0 Å². The molecule has 5 nitrogen and oxygen atoms in total. The fraction of sp³-hybridized carbons (Fsp3) is 0.429. The average molecular weight is 297 g/mol. The fourth-order valence-electron chi connectivity index (χ4n) is 2.37. The molecule has 0 atom stereocenters. The minimum absolute atomic E-state index is 0.124. The minimum atomic E-state index is -0.209. The van der Waals surface area contributed by atoms with E-state index in [1.54, 1.807) is 23.1 Å². The lowest BCUT2D eigenvalue weighted by Crippen LogP contribution is -2.40. The number of amides is 1. The summed E-state index contributed by atoms with van der Waals surface area (Å²) in [6.07, 6.45) is 1.22. The summed E-state index contributed by atoms with van der Waals surface area (Å²) in [5.74, 6) is -0.478. The van der Waals surface area contributed by atoms with Crippen molar-refractivity contribution >= 4 is 29.2 Å². The Balaban J connectivity index is 2.05. The highest BCUT2D eigenvalue weighted by molar-refractivity contribution is 6.31. The normalized spacial score (nSPS) is 16.0. The number of likely N-dealkylation sites (tertiary alicyclic amines) is 1. The Hall–Kier alpha value is -1.75. The second-order valence-electron chi connectivity index (χ2n) is 4.82. The number of nitrogen functional groups attached to an aromatic ring is 1. The molecule has 1 amide bonds. The molecule has 1 aliphatic heterocycles. The van der Waals surface area contributed by atoms with E-state index in [2.05, 4.69) is 0 Å². The zero-order chi connectivity index (χ0) is 14.7. The topological polar surface area (TPSA) is 72.6 Å². The number of carbonyl (C=O) groups excluding carboxylic acids is 2. The predicted octanol–water partition coefficient (Wildman–Crippen LogP) is 1.95. The van der Waals surface area contributed by atoms with Crippen molar-refractivity contribution in [3.8, 4) is 0 Å². The highest BCUT2D eigenvalue weighted by atomic mass is 35.5. The maximum absolute atomic E-state index is 12.4. The zero-order valence-electron chi connectivity index (χ0n) is 11.3. The van der Waals surface area contributed by atoms with Crippen LogP contribution in [0, 0.1) is 5.92 Å². The first-order chi connectivity index (χ1) is 9.52. The molecule has 0 radical (unpaired) electrons. The van der Waals surface area contributed by atoms with Gasteiger partial charge in [0, 0.05) is 23.8 Å².